The molecule has 3 atom stereocenters. The normalized spacial score (nSPS) is 21.8. The highest BCUT2D eigenvalue weighted by Crippen LogP contribution is 2.56. The van der Waals surface area contributed by atoms with Crippen LogP contribution in [0.5, 0.6) is 0 Å². The molecule has 1 amide bonds. The van der Waals surface area contributed by atoms with Gasteiger partial charge in [-0.3, -0.25) is 4.79 Å². The summed E-state index contributed by atoms with van der Waals surface area (Å²) < 4.78 is 13.2. The number of fused-ring (bicyclic) bond motifs is 1. The van der Waals surface area contributed by atoms with Gasteiger partial charge in [0.2, 0.25) is 5.91 Å². The van der Waals surface area contributed by atoms with Gasteiger partial charge < -0.3 is 20.3 Å². The monoisotopic (exact) mass is 423 g/mol. The molecule has 3 aromatic rings. The number of aromatic nitrogens is 3. The summed E-state index contributed by atoms with van der Waals surface area (Å²) in [5, 5.41) is 14.6. The first-order chi connectivity index (χ1) is 15.0. The number of anilines is 1. The van der Waals surface area contributed by atoms with Gasteiger partial charge in [-0.05, 0) is 55.4 Å². The van der Waals surface area contributed by atoms with E-state index in [9.17, 15) is 14.3 Å². The maximum Gasteiger partial charge on any atom is 0.224 e. The van der Waals surface area contributed by atoms with E-state index in [1.54, 1.807) is 25.4 Å². The summed E-state index contributed by atoms with van der Waals surface area (Å²) in [6.07, 6.45) is 5.31. The molecule has 1 aliphatic heterocycles. The highest BCUT2D eigenvalue weighted by atomic mass is 19.1. The van der Waals surface area contributed by atoms with Crippen LogP contribution in [0.25, 0.3) is 11.0 Å². The zero-order chi connectivity index (χ0) is 21.6. The van der Waals surface area contributed by atoms with Crippen molar-refractivity contribution in [2.24, 2.45) is 11.3 Å². The van der Waals surface area contributed by atoms with Crippen LogP contribution in [0, 0.1) is 17.2 Å². The molecule has 162 valence electrons. The van der Waals surface area contributed by atoms with Crippen molar-refractivity contribution < 1.29 is 14.3 Å². The Balaban J connectivity index is 1.27. The summed E-state index contributed by atoms with van der Waals surface area (Å²) >= 11 is 0. The molecule has 2 aliphatic rings. The van der Waals surface area contributed by atoms with Crippen molar-refractivity contribution in [2.75, 3.05) is 18.0 Å². The fraction of sp³-hybridized carbons (Fsp3) is 0.435. The molecule has 31 heavy (non-hydrogen) atoms. The predicted molar refractivity (Wildman–Crippen MR) is 115 cm³/mol. The van der Waals surface area contributed by atoms with E-state index in [1.807, 2.05) is 12.3 Å². The molecular formula is C23H26FN5O2. The van der Waals surface area contributed by atoms with Crippen molar-refractivity contribution in [1.82, 2.24) is 20.3 Å². The minimum atomic E-state index is -0.886. The van der Waals surface area contributed by atoms with E-state index in [-0.39, 0.29) is 23.1 Å². The number of hydrogen-bond acceptors (Lipinski definition) is 5. The maximum atomic E-state index is 13.2. The van der Waals surface area contributed by atoms with E-state index in [1.165, 1.54) is 12.1 Å². The number of nitrogens with one attached hydrogen (secondary N) is 2. The third kappa shape index (κ3) is 3.65. The number of amides is 1. The van der Waals surface area contributed by atoms with E-state index in [0.717, 1.165) is 49.2 Å². The van der Waals surface area contributed by atoms with Crippen LogP contribution in [-0.4, -0.2) is 45.1 Å². The standard InChI is InChI=1S/C23H26FN5O2/c1-14(19(30)15-2-4-16(24)5-3-15)28-22(31)18-7-11-29(12-23(18)8-9-23)21-17-6-10-25-20(17)26-13-27-21/h2-6,10,13-14,18-19,30H,7-9,11-12H2,1H3,(H,28,31)(H,25,26,27)/t14-,18+,19-/m0/s1. The number of benzene rings is 1. The second-order valence-corrected chi connectivity index (χ2v) is 8.86. The molecule has 1 saturated carbocycles. The molecule has 0 bridgehead atoms. The first-order valence-corrected chi connectivity index (χ1v) is 10.7. The van der Waals surface area contributed by atoms with Crippen LogP contribution < -0.4 is 10.2 Å². The Hall–Kier alpha value is -3.00. The molecule has 3 heterocycles. The number of nitrogens with zero attached hydrogens (tertiary/aromatic N) is 3. The zero-order valence-corrected chi connectivity index (χ0v) is 17.4. The largest absolute Gasteiger partial charge is 0.386 e. The van der Waals surface area contributed by atoms with Gasteiger partial charge in [-0.15, -0.1) is 0 Å². The molecule has 1 saturated heterocycles. The number of aliphatic hydroxyl groups is 1. The zero-order valence-electron chi connectivity index (χ0n) is 17.4. The molecule has 7 nitrogen and oxygen atoms in total. The van der Waals surface area contributed by atoms with Crippen LogP contribution in [-0.2, 0) is 4.79 Å². The number of H-pyrrole nitrogens is 1. The van der Waals surface area contributed by atoms with Gasteiger partial charge in [0.15, 0.2) is 0 Å². The van der Waals surface area contributed by atoms with Crippen molar-refractivity contribution >= 4 is 22.8 Å². The Morgan fingerprint density at radius 2 is 2.06 bits per heavy atom. The van der Waals surface area contributed by atoms with E-state index in [2.05, 4.69) is 25.2 Å². The van der Waals surface area contributed by atoms with Gasteiger partial charge in [-0.1, -0.05) is 12.1 Å². The molecular weight excluding hydrogens is 397 g/mol. The van der Waals surface area contributed by atoms with Crippen molar-refractivity contribution in [2.45, 2.75) is 38.3 Å². The third-order valence-electron chi connectivity index (χ3n) is 6.83. The number of rotatable bonds is 5. The molecule has 1 aromatic carbocycles. The van der Waals surface area contributed by atoms with Gasteiger partial charge in [0.1, 0.15) is 23.6 Å². The van der Waals surface area contributed by atoms with Gasteiger partial charge in [0.25, 0.3) is 0 Å². The SMILES string of the molecule is C[C@H](NC(=O)[C@H]1CCN(c2ncnc3[nH]ccc23)CC12CC2)[C@H](O)c1ccc(F)cc1. The van der Waals surface area contributed by atoms with Crippen molar-refractivity contribution in [1.29, 1.82) is 0 Å². The topological polar surface area (TPSA) is 94.1 Å². The highest BCUT2D eigenvalue weighted by Gasteiger charge is 2.55. The molecule has 1 spiro atoms. The number of halogens is 1. The van der Waals surface area contributed by atoms with Gasteiger partial charge in [0.05, 0.1) is 17.5 Å². The minimum Gasteiger partial charge on any atom is -0.386 e. The molecule has 0 unspecified atom stereocenters. The smallest absolute Gasteiger partial charge is 0.224 e. The molecule has 8 heteroatoms. The van der Waals surface area contributed by atoms with Crippen LogP contribution in [0.4, 0.5) is 10.2 Å². The maximum absolute atomic E-state index is 13.2. The van der Waals surface area contributed by atoms with Crippen molar-refractivity contribution in [3.8, 4) is 0 Å². The summed E-state index contributed by atoms with van der Waals surface area (Å²) in [6.45, 7) is 3.31. The summed E-state index contributed by atoms with van der Waals surface area (Å²) in [6, 6.07) is 7.25. The summed E-state index contributed by atoms with van der Waals surface area (Å²) in [4.78, 5) is 27.3. The molecule has 3 N–H and O–H groups in total. The average molecular weight is 423 g/mol. The second-order valence-electron chi connectivity index (χ2n) is 8.86. The summed E-state index contributed by atoms with van der Waals surface area (Å²) in [5.41, 5.74) is 1.36. The van der Waals surface area contributed by atoms with Crippen molar-refractivity contribution in [3.63, 3.8) is 0 Å². The molecule has 5 rings (SSSR count). The second kappa shape index (κ2) is 7.60. The van der Waals surface area contributed by atoms with Crippen molar-refractivity contribution in [3.05, 3.63) is 54.2 Å². The van der Waals surface area contributed by atoms with Gasteiger partial charge in [0, 0.05) is 25.2 Å². The highest BCUT2D eigenvalue weighted by molar-refractivity contribution is 5.87. The molecule has 2 fully saturated rings. The first-order valence-electron chi connectivity index (χ1n) is 10.7. The quantitative estimate of drug-likeness (QED) is 0.587. The molecule has 1 aliphatic carbocycles. The van der Waals surface area contributed by atoms with E-state index >= 15 is 0 Å². The molecule has 0 radical (unpaired) electrons. The number of carbonyl (C=O) groups excluding carboxylic acids is 1. The lowest BCUT2D eigenvalue weighted by Crippen LogP contribution is -2.50. The Morgan fingerprint density at radius 1 is 1.29 bits per heavy atom. The summed E-state index contributed by atoms with van der Waals surface area (Å²) in [7, 11) is 0. The fourth-order valence-corrected chi connectivity index (χ4v) is 4.88. The Bertz CT molecular complexity index is 1090. The van der Waals surface area contributed by atoms with Crippen LogP contribution in [0.1, 0.15) is 37.9 Å². The van der Waals surface area contributed by atoms with E-state index in [0.29, 0.717) is 5.56 Å². The fourth-order valence-electron chi connectivity index (χ4n) is 4.88. The summed E-state index contributed by atoms with van der Waals surface area (Å²) in [5.74, 6) is 0.461. The van der Waals surface area contributed by atoms with Crippen LogP contribution >= 0.6 is 0 Å². The van der Waals surface area contributed by atoms with Gasteiger partial charge >= 0.3 is 0 Å². The van der Waals surface area contributed by atoms with Crippen LogP contribution in [0.15, 0.2) is 42.9 Å². The third-order valence-corrected chi connectivity index (χ3v) is 6.83. The number of hydrogen-bond donors (Lipinski definition) is 3. The number of aliphatic hydroxyl groups excluding tert-OH is 1. The predicted octanol–water partition coefficient (Wildman–Crippen LogP) is 2.94. The van der Waals surface area contributed by atoms with E-state index < -0.39 is 12.1 Å². The first kappa shape index (κ1) is 19.9. The average Bonchev–Trinajstić information content (AvgIpc) is 3.34. The van der Waals surface area contributed by atoms with Crippen LogP contribution in [0.2, 0.25) is 0 Å². The minimum absolute atomic E-state index is 0.0136. The van der Waals surface area contributed by atoms with E-state index in [4.69, 9.17) is 0 Å². The number of piperidine rings is 1. The number of aromatic amines is 1. The Morgan fingerprint density at radius 3 is 2.81 bits per heavy atom. The Kier molecular flexibility index (Phi) is 4.89. The lowest BCUT2D eigenvalue weighted by Gasteiger charge is -2.39. The van der Waals surface area contributed by atoms with Crippen LogP contribution in [0.3, 0.4) is 0 Å². The van der Waals surface area contributed by atoms with Gasteiger partial charge in [-0.2, -0.15) is 0 Å². The van der Waals surface area contributed by atoms with Gasteiger partial charge in [-0.25, -0.2) is 14.4 Å². The number of carbonyl (C=O) groups is 1. The lowest BCUT2D eigenvalue weighted by atomic mass is 9.81. The molecule has 2 aromatic heterocycles. The Labute approximate surface area is 179 Å². The lowest BCUT2D eigenvalue weighted by molar-refractivity contribution is -0.129.